The van der Waals surface area contributed by atoms with Crippen LogP contribution in [-0.4, -0.2) is 44.9 Å². The third-order valence-electron chi connectivity index (χ3n) is 2.91. The van der Waals surface area contributed by atoms with Crippen molar-refractivity contribution < 1.29 is 0 Å². The molecule has 3 nitrogen and oxygen atoms in total. The zero-order valence-corrected chi connectivity index (χ0v) is 12.8. The summed E-state index contributed by atoms with van der Waals surface area (Å²) in [4.78, 5) is 5.81. The molecule has 0 spiro atoms. The Bertz CT molecular complexity index is 366. The van der Waals surface area contributed by atoms with Crippen molar-refractivity contribution in [2.75, 3.05) is 44.9 Å². The minimum Gasteiger partial charge on any atom is -0.373 e. The van der Waals surface area contributed by atoms with Crippen LogP contribution in [0.3, 0.4) is 0 Å². The van der Waals surface area contributed by atoms with E-state index in [9.17, 15) is 0 Å². The number of nitrogens with zero attached hydrogens (tertiary/aromatic N) is 2. The number of thioether (sulfide) groups is 1. The molecule has 1 rings (SSSR count). The summed E-state index contributed by atoms with van der Waals surface area (Å²) in [5.41, 5.74) is 8.46. The van der Waals surface area contributed by atoms with E-state index in [0.29, 0.717) is 6.54 Å². The molecule has 0 aliphatic heterocycles. The quantitative estimate of drug-likeness (QED) is 0.768. The van der Waals surface area contributed by atoms with Gasteiger partial charge in [0.25, 0.3) is 0 Å². The topological polar surface area (TPSA) is 32.5 Å². The molecule has 0 saturated heterocycles. The lowest BCUT2D eigenvalue weighted by Crippen LogP contribution is -2.29. The second-order valence-corrected chi connectivity index (χ2v) is 5.92. The molecule has 4 heteroatoms. The van der Waals surface area contributed by atoms with Crippen LogP contribution in [0.2, 0.25) is 0 Å². The number of benzene rings is 1. The van der Waals surface area contributed by atoms with E-state index in [1.807, 2.05) is 11.8 Å². The number of rotatable bonds is 7. The van der Waals surface area contributed by atoms with Gasteiger partial charge in [0.1, 0.15) is 0 Å². The SMILES string of the molecule is CCSc1cccc(N(C)CCN(C)C)c1CN. The molecular formula is C14H25N3S. The molecule has 0 aliphatic rings. The maximum Gasteiger partial charge on any atom is 0.0420 e. The zero-order valence-electron chi connectivity index (χ0n) is 11.9. The second-order valence-electron chi connectivity index (χ2n) is 4.62. The summed E-state index contributed by atoms with van der Waals surface area (Å²) in [6.45, 7) is 4.84. The summed E-state index contributed by atoms with van der Waals surface area (Å²) in [7, 11) is 6.33. The van der Waals surface area contributed by atoms with E-state index >= 15 is 0 Å². The smallest absolute Gasteiger partial charge is 0.0420 e. The summed E-state index contributed by atoms with van der Waals surface area (Å²) in [5, 5.41) is 0. The minimum atomic E-state index is 0.602. The Kier molecular flexibility index (Phi) is 6.54. The van der Waals surface area contributed by atoms with Crippen molar-refractivity contribution in [1.29, 1.82) is 0 Å². The molecule has 0 radical (unpaired) electrons. The monoisotopic (exact) mass is 267 g/mol. The molecule has 0 amide bonds. The summed E-state index contributed by atoms with van der Waals surface area (Å²) in [6.07, 6.45) is 0. The van der Waals surface area contributed by atoms with E-state index in [1.54, 1.807) is 0 Å². The lowest BCUT2D eigenvalue weighted by molar-refractivity contribution is 0.416. The van der Waals surface area contributed by atoms with Crippen molar-refractivity contribution in [3.63, 3.8) is 0 Å². The van der Waals surface area contributed by atoms with E-state index in [4.69, 9.17) is 5.73 Å². The fourth-order valence-electron chi connectivity index (χ4n) is 1.88. The molecule has 0 saturated carbocycles. The average Bonchev–Trinajstić information content (AvgIpc) is 2.36. The van der Waals surface area contributed by atoms with Gasteiger partial charge in [-0.25, -0.2) is 0 Å². The van der Waals surface area contributed by atoms with E-state index in [-0.39, 0.29) is 0 Å². The van der Waals surface area contributed by atoms with Crippen molar-refractivity contribution >= 4 is 17.4 Å². The molecule has 18 heavy (non-hydrogen) atoms. The Morgan fingerprint density at radius 3 is 2.44 bits per heavy atom. The summed E-state index contributed by atoms with van der Waals surface area (Å²) in [6, 6.07) is 6.45. The molecule has 0 bridgehead atoms. The van der Waals surface area contributed by atoms with Crippen molar-refractivity contribution in [3.05, 3.63) is 23.8 Å². The zero-order chi connectivity index (χ0) is 13.5. The second kappa shape index (κ2) is 7.67. The fourth-order valence-corrected chi connectivity index (χ4v) is 2.73. The van der Waals surface area contributed by atoms with Gasteiger partial charge in [0.2, 0.25) is 0 Å². The van der Waals surface area contributed by atoms with Gasteiger partial charge in [0.05, 0.1) is 0 Å². The lowest BCUT2D eigenvalue weighted by Gasteiger charge is -2.25. The number of hydrogen-bond donors (Lipinski definition) is 1. The van der Waals surface area contributed by atoms with Gasteiger partial charge in [-0.05, 0) is 32.0 Å². The standard InChI is InChI=1S/C14H25N3S/c1-5-18-14-8-6-7-13(12(14)11-15)17(4)10-9-16(2)3/h6-8H,5,9-11,15H2,1-4H3. The van der Waals surface area contributed by atoms with Crippen molar-refractivity contribution in [1.82, 2.24) is 4.90 Å². The third kappa shape index (κ3) is 4.19. The van der Waals surface area contributed by atoms with Gasteiger partial charge >= 0.3 is 0 Å². The van der Waals surface area contributed by atoms with Gasteiger partial charge < -0.3 is 15.5 Å². The molecular weight excluding hydrogens is 242 g/mol. The molecule has 0 aromatic heterocycles. The normalized spacial score (nSPS) is 11.0. The van der Waals surface area contributed by atoms with E-state index < -0.39 is 0 Å². The fraction of sp³-hybridized carbons (Fsp3) is 0.571. The molecule has 0 atom stereocenters. The van der Waals surface area contributed by atoms with Gasteiger partial charge in [-0.1, -0.05) is 13.0 Å². The summed E-state index contributed by atoms with van der Waals surface area (Å²) < 4.78 is 0. The van der Waals surface area contributed by atoms with Crippen molar-refractivity contribution in [2.24, 2.45) is 5.73 Å². The van der Waals surface area contributed by atoms with Gasteiger partial charge in [0.15, 0.2) is 0 Å². The number of likely N-dealkylation sites (N-methyl/N-ethyl adjacent to an activating group) is 2. The first-order valence-electron chi connectivity index (χ1n) is 6.40. The van der Waals surface area contributed by atoms with Crippen LogP contribution in [0.15, 0.2) is 23.1 Å². The van der Waals surface area contributed by atoms with Crippen LogP contribution in [0.25, 0.3) is 0 Å². The molecule has 0 aliphatic carbocycles. The van der Waals surface area contributed by atoms with Gasteiger partial charge in [0, 0.05) is 42.8 Å². The number of nitrogens with two attached hydrogens (primary N) is 1. The predicted octanol–water partition coefficient (Wildman–Crippen LogP) is 2.26. The lowest BCUT2D eigenvalue weighted by atomic mass is 10.1. The third-order valence-corrected chi connectivity index (χ3v) is 3.89. The van der Waals surface area contributed by atoms with Crippen LogP contribution < -0.4 is 10.6 Å². The Balaban J connectivity index is 2.89. The highest BCUT2D eigenvalue weighted by Gasteiger charge is 2.10. The maximum absolute atomic E-state index is 5.93. The van der Waals surface area contributed by atoms with Crippen molar-refractivity contribution in [2.45, 2.75) is 18.4 Å². The van der Waals surface area contributed by atoms with Crippen LogP contribution in [0, 0.1) is 0 Å². The first-order valence-corrected chi connectivity index (χ1v) is 7.39. The van der Waals surface area contributed by atoms with E-state index in [1.165, 1.54) is 16.1 Å². The largest absolute Gasteiger partial charge is 0.373 e. The molecule has 102 valence electrons. The predicted molar refractivity (Wildman–Crippen MR) is 82.6 cm³/mol. The maximum atomic E-state index is 5.93. The van der Waals surface area contributed by atoms with Crippen LogP contribution >= 0.6 is 11.8 Å². The molecule has 0 heterocycles. The summed E-state index contributed by atoms with van der Waals surface area (Å²) >= 11 is 1.87. The highest BCUT2D eigenvalue weighted by atomic mass is 32.2. The van der Waals surface area contributed by atoms with Crippen LogP contribution in [0.4, 0.5) is 5.69 Å². The number of hydrogen-bond acceptors (Lipinski definition) is 4. The van der Waals surface area contributed by atoms with E-state index in [2.05, 4.69) is 56.1 Å². The molecule has 0 fully saturated rings. The van der Waals surface area contributed by atoms with Gasteiger partial charge in [-0.3, -0.25) is 0 Å². The average molecular weight is 267 g/mol. The molecule has 1 aromatic rings. The van der Waals surface area contributed by atoms with Crippen molar-refractivity contribution in [3.8, 4) is 0 Å². The molecule has 0 unspecified atom stereocenters. The van der Waals surface area contributed by atoms with Gasteiger partial charge in [-0.15, -0.1) is 11.8 Å². The Morgan fingerprint density at radius 1 is 1.17 bits per heavy atom. The molecule has 1 aromatic carbocycles. The summed E-state index contributed by atoms with van der Waals surface area (Å²) in [5.74, 6) is 1.08. The van der Waals surface area contributed by atoms with Gasteiger partial charge in [-0.2, -0.15) is 0 Å². The van der Waals surface area contributed by atoms with Crippen LogP contribution in [-0.2, 0) is 6.54 Å². The Morgan fingerprint density at radius 2 is 1.89 bits per heavy atom. The highest BCUT2D eigenvalue weighted by Crippen LogP contribution is 2.29. The van der Waals surface area contributed by atoms with Crippen LogP contribution in [0.1, 0.15) is 12.5 Å². The first-order chi connectivity index (χ1) is 8.60. The Labute approximate surface area is 115 Å². The van der Waals surface area contributed by atoms with Crippen LogP contribution in [0.5, 0.6) is 0 Å². The molecule has 2 N–H and O–H groups in total. The first kappa shape index (κ1) is 15.3. The Hall–Kier alpha value is -0.710. The number of anilines is 1. The minimum absolute atomic E-state index is 0.602. The highest BCUT2D eigenvalue weighted by molar-refractivity contribution is 7.99. The van der Waals surface area contributed by atoms with E-state index in [0.717, 1.165) is 18.8 Å².